The molecule has 0 atom stereocenters. The van der Waals surface area contributed by atoms with E-state index in [1.54, 1.807) is 13.2 Å². The molecule has 0 unspecified atom stereocenters. The number of benzene rings is 2. The van der Waals surface area contributed by atoms with E-state index in [4.69, 9.17) is 27.9 Å². The molecule has 23 heavy (non-hydrogen) atoms. The first kappa shape index (κ1) is 16.0. The van der Waals surface area contributed by atoms with Gasteiger partial charge in [0.1, 0.15) is 11.3 Å². The van der Waals surface area contributed by atoms with Crippen LogP contribution in [-0.4, -0.2) is 16.7 Å². The number of nitrogens with zero attached hydrogens (tertiary/aromatic N) is 2. The van der Waals surface area contributed by atoms with E-state index >= 15 is 0 Å². The predicted molar refractivity (Wildman–Crippen MR) is 96.5 cm³/mol. The van der Waals surface area contributed by atoms with Gasteiger partial charge in [0, 0.05) is 18.1 Å². The molecule has 6 heteroatoms. The van der Waals surface area contributed by atoms with Gasteiger partial charge in [-0.1, -0.05) is 29.3 Å². The largest absolute Gasteiger partial charge is 0.495 e. The van der Waals surface area contributed by atoms with E-state index in [0.29, 0.717) is 21.7 Å². The number of aryl methyl sites for hydroxylation is 3. The topological polar surface area (TPSA) is 39.1 Å². The number of methoxy groups -OCH3 is 1. The molecule has 120 valence electrons. The molecule has 0 aliphatic heterocycles. The Bertz CT molecular complexity index is 903. The van der Waals surface area contributed by atoms with Gasteiger partial charge in [-0.3, -0.25) is 0 Å². The van der Waals surface area contributed by atoms with E-state index in [1.807, 2.05) is 43.7 Å². The first-order valence-corrected chi connectivity index (χ1v) is 7.90. The van der Waals surface area contributed by atoms with Crippen LogP contribution in [0.1, 0.15) is 11.1 Å². The number of fused-ring (bicyclic) bond motifs is 1. The molecule has 0 fully saturated rings. The summed E-state index contributed by atoms with van der Waals surface area (Å²) in [7, 11) is 3.56. The monoisotopic (exact) mass is 349 g/mol. The Labute approximate surface area is 145 Å². The van der Waals surface area contributed by atoms with Crippen LogP contribution in [0.5, 0.6) is 5.75 Å². The van der Waals surface area contributed by atoms with Crippen molar-refractivity contribution in [1.29, 1.82) is 0 Å². The maximum absolute atomic E-state index is 6.38. The van der Waals surface area contributed by atoms with Gasteiger partial charge >= 0.3 is 0 Å². The van der Waals surface area contributed by atoms with Gasteiger partial charge < -0.3 is 14.6 Å². The quantitative estimate of drug-likeness (QED) is 0.701. The number of nitrogens with one attached hydrogen (secondary N) is 1. The van der Waals surface area contributed by atoms with Crippen LogP contribution < -0.4 is 10.1 Å². The summed E-state index contributed by atoms with van der Waals surface area (Å²) in [6, 6.07) is 7.66. The van der Waals surface area contributed by atoms with E-state index < -0.39 is 0 Å². The van der Waals surface area contributed by atoms with E-state index in [9.17, 15) is 0 Å². The third kappa shape index (κ3) is 2.73. The molecule has 0 aliphatic rings. The van der Waals surface area contributed by atoms with Gasteiger partial charge in [-0.05, 0) is 37.1 Å². The van der Waals surface area contributed by atoms with Gasteiger partial charge in [0.15, 0.2) is 0 Å². The zero-order chi connectivity index (χ0) is 16.7. The summed E-state index contributed by atoms with van der Waals surface area (Å²) in [5.74, 6) is 1.36. The lowest BCUT2D eigenvalue weighted by atomic mass is 10.2. The molecule has 1 heterocycles. The van der Waals surface area contributed by atoms with Gasteiger partial charge in [0.2, 0.25) is 5.95 Å². The number of halogens is 2. The van der Waals surface area contributed by atoms with Crippen LogP contribution in [0.15, 0.2) is 24.3 Å². The minimum Gasteiger partial charge on any atom is -0.495 e. The van der Waals surface area contributed by atoms with Crippen molar-refractivity contribution in [2.45, 2.75) is 13.8 Å². The molecule has 0 spiro atoms. The summed E-state index contributed by atoms with van der Waals surface area (Å²) >= 11 is 12.5. The Kier molecular flexibility index (Phi) is 4.13. The third-order valence-electron chi connectivity index (χ3n) is 3.91. The Morgan fingerprint density at radius 1 is 1.13 bits per heavy atom. The van der Waals surface area contributed by atoms with Gasteiger partial charge in [-0.2, -0.15) is 0 Å². The minimum absolute atomic E-state index is 0.633. The molecular formula is C17H17Cl2N3O. The van der Waals surface area contributed by atoms with Crippen LogP contribution in [0, 0.1) is 13.8 Å². The lowest BCUT2D eigenvalue weighted by Gasteiger charge is -2.14. The number of hydrogen-bond donors (Lipinski definition) is 1. The molecule has 3 rings (SSSR count). The van der Waals surface area contributed by atoms with Crippen LogP contribution in [0.4, 0.5) is 11.6 Å². The van der Waals surface area contributed by atoms with Crippen LogP contribution in [-0.2, 0) is 7.05 Å². The van der Waals surface area contributed by atoms with Crippen LogP contribution in [0.3, 0.4) is 0 Å². The molecule has 0 aliphatic carbocycles. The normalized spacial score (nSPS) is 11.0. The highest BCUT2D eigenvalue weighted by Gasteiger charge is 2.15. The van der Waals surface area contributed by atoms with E-state index in [2.05, 4.69) is 10.3 Å². The zero-order valence-corrected chi connectivity index (χ0v) is 14.9. The Hall–Kier alpha value is -1.91. The fraction of sp³-hybridized carbons (Fsp3) is 0.235. The minimum atomic E-state index is 0.633. The number of rotatable bonds is 3. The van der Waals surface area contributed by atoms with E-state index in [1.165, 1.54) is 0 Å². The van der Waals surface area contributed by atoms with E-state index in [-0.39, 0.29) is 0 Å². The molecule has 4 nitrogen and oxygen atoms in total. The zero-order valence-electron chi connectivity index (χ0n) is 13.4. The average Bonchev–Trinajstić information content (AvgIpc) is 2.82. The van der Waals surface area contributed by atoms with Crippen molar-refractivity contribution in [2.24, 2.45) is 7.05 Å². The van der Waals surface area contributed by atoms with Crippen LogP contribution in [0.25, 0.3) is 11.0 Å². The smallest absolute Gasteiger partial charge is 0.208 e. The molecule has 3 aromatic rings. The first-order valence-electron chi connectivity index (χ1n) is 7.15. The number of hydrogen-bond acceptors (Lipinski definition) is 3. The molecule has 0 saturated heterocycles. The summed E-state index contributed by atoms with van der Waals surface area (Å²) in [4.78, 5) is 4.64. The fourth-order valence-corrected chi connectivity index (χ4v) is 3.05. The fourth-order valence-electron chi connectivity index (χ4n) is 2.58. The second kappa shape index (κ2) is 5.95. The summed E-state index contributed by atoms with van der Waals surface area (Å²) in [5.41, 5.74) is 4.56. The number of aromatic nitrogens is 2. The molecule has 1 N–H and O–H groups in total. The first-order chi connectivity index (χ1) is 10.9. The molecule has 2 aromatic carbocycles. The van der Waals surface area contributed by atoms with Crippen molar-refractivity contribution in [3.8, 4) is 5.75 Å². The Morgan fingerprint density at radius 2 is 1.87 bits per heavy atom. The average molecular weight is 350 g/mol. The number of anilines is 2. The van der Waals surface area contributed by atoms with Gasteiger partial charge in [0.25, 0.3) is 0 Å². The second-order valence-corrected chi connectivity index (χ2v) is 6.30. The summed E-state index contributed by atoms with van der Waals surface area (Å²) in [5, 5.41) is 4.64. The highest BCUT2D eigenvalue weighted by molar-refractivity contribution is 6.35. The molecule has 1 aromatic heterocycles. The van der Waals surface area contributed by atoms with Crippen molar-refractivity contribution in [3.05, 3.63) is 45.4 Å². The maximum Gasteiger partial charge on any atom is 0.208 e. The Balaban J connectivity index is 2.13. The molecule has 0 saturated carbocycles. The third-order valence-corrected chi connectivity index (χ3v) is 4.60. The lowest BCUT2D eigenvalue weighted by molar-refractivity contribution is 0.416. The van der Waals surface area contributed by atoms with Crippen LogP contribution in [0.2, 0.25) is 10.0 Å². The summed E-state index contributed by atoms with van der Waals surface area (Å²) in [6.45, 7) is 3.94. The van der Waals surface area contributed by atoms with Crippen molar-refractivity contribution in [1.82, 2.24) is 9.55 Å². The van der Waals surface area contributed by atoms with Crippen molar-refractivity contribution in [3.63, 3.8) is 0 Å². The molecule has 0 bridgehead atoms. The molecule has 0 amide bonds. The van der Waals surface area contributed by atoms with Gasteiger partial charge in [0.05, 0.1) is 23.3 Å². The van der Waals surface area contributed by atoms with Crippen molar-refractivity contribution >= 4 is 45.9 Å². The van der Waals surface area contributed by atoms with Gasteiger partial charge in [-0.15, -0.1) is 0 Å². The summed E-state index contributed by atoms with van der Waals surface area (Å²) in [6.07, 6.45) is 0. The standard InChI is InChI=1S/C17H17Cl2N3O/c1-9-5-6-12-16(14(9)19)21-17(22(12)3)20-15-10(2)7-11(18)8-13(15)23-4/h5-8H,1-4H3,(H,20,21). The number of imidazole rings is 1. The molecule has 0 radical (unpaired) electrons. The Morgan fingerprint density at radius 3 is 2.57 bits per heavy atom. The number of ether oxygens (including phenoxy) is 1. The highest BCUT2D eigenvalue weighted by atomic mass is 35.5. The van der Waals surface area contributed by atoms with Crippen LogP contribution >= 0.6 is 23.2 Å². The van der Waals surface area contributed by atoms with Crippen molar-refractivity contribution in [2.75, 3.05) is 12.4 Å². The predicted octanol–water partition coefficient (Wildman–Crippen LogP) is 5.25. The summed E-state index contributed by atoms with van der Waals surface area (Å²) < 4.78 is 7.39. The maximum atomic E-state index is 6.38. The van der Waals surface area contributed by atoms with Gasteiger partial charge in [-0.25, -0.2) is 4.98 Å². The lowest BCUT2D eigenvalue weighted by Crippen LogP contribution is -2.02. The van der Waals surface area contributed by atoms with E-state index in [0.717, 1.165) is 27.8 Å². The molecular weight excluding hydrogens is 333 g/mol. The second-order valence-electron chi connectivity index (χ2n) is 5.48. The highest BCUT2D eigenvalue weighted by Crippen LogP contribution is 2.35. The SMILES string of the molecule is COc1cc(Cl)cc(C)c1Nc1nc2c(Cl)c(C)ccc2n1C. The van der Waals surface area contributed by atoms with Crippen molar-refractivity contribution < 1.29 is 4.74 Å².